The maximum absolute atomic E-state index is 5.40. The molecule has 3 aromatic rings. The van der Waals surface area contributed by atoms with Gasteiger partial charge in [0.2, 0.25) is 5.88 Å². The predicted molar refractivity (Wildman–Crippen MR) is 82.2 cm³/mol. The van der Waals surface area contributed by atoms with Crippen LogP contribution in [0.4, 0.5) is 0 Å². The Hall–Kier alpha value is -2.29. The molecule has 0 saturated heterocycles. The average Bonchev–Trinajstić information content (AvgIpc) is 2.90. The van der Waals surface area contributed by atoms with Crippen molar-refractivity contribution in [1.29, 1.82) is 0 Å². The van der Waals surface area contributed by atoms with Crippen LogP contribution in [0.3, 0.4) is 0 Å². The highest BCUT2D eigenvalue weighted by atomic mass is 16.5. The third-order valence-electron chi connectivity index (χ3n) is 3.55. The quantitative estimate of drug-likeness (QED) is 0.764. The highest BCUT2D eigenvalue weighted by molar-refractivity contribution is 5.86. The SMILES string of the molecule is COc1ncc(C(C)C)cc1-c1cc2ccccc2[nH]1. The van der Waals surface area contributed by atoms with Crippen molar-refractivity contribution in [2.24, 2.45) is 0 Å². The summed E-state index contributed by atoms with van der Waals surface area (Å²) in [6, 6.07) is 12.5. The number of ether oxygens (including phenoxy) is 1. The number of pyridine rings is 1. The number of rotatable bonds is 3. The Morgan fingerprint density at radius 2 is 1.95 bits per heavy atom. The van der Waals surface area contributed by atoms with Gasteiger partial charge in [0.05, 0.1) is 18.4 Å². The van der Waals surface area contributed by atoms with Crippen molar-refractivity contribution in [3.05, 3.63) is 48.2 Å². The lowest BCUT2D eigenvalue weighted by Crippen LogP contribution is -1.96. The zero-order valence-corrected chi connectivity index (χ0v) is 12.0. The van der Waals surface area contributed by atoms with Crippen LogP contribution in [0.1, 0.15) is 25.3 Å². The van der Waals surface area contributed by atoms with E-state index in [0.29, 0.717) is 11.8 Å². The topological polar surface area (TPSA) is 37.9 Å². The fourth-order valence-electron chi connectivity index (χ4n) is 2.36. The largest absolute Gasteiger partial charge is 0.481 e. The molecule has 1 N–H and O–H groups in total. The van der Waals surface area contributed by atoms with E-state index in [4.69, 9.17) is 4.74 Å². The molecule has 3 nitrogen and oxygen atoms in total. The number of fused-ring (bicyclic) bond motifs is 1. The zero-order valence-electron chi connectivity index (χ0n) is 12.0. The number of para-hydroxylation sites is 1. The van der Waals surface area contributed by atoms with Crippen LogP contribution >= 0.6 is 0 Å². The summed E-state index contributed by atoms with van der Waals surface area (Å²) in [5.41, 5.74) is 4.38. The van der Waals surface area contributed by atoms with Crippen molar-refractivity contribution >= 4 is 10.9 Å². The number of aromatic amines is 1. The number of nitrogens with one attached hydrogen (secondary N) is 1. The lowest BCUT2D eigenvalue weighted by atomic mass is 10.0. The molecule has 0 saturated carbocycles. The number of H-pyrrole nitrogens is 1. The third kappa shape index (κ3) is 2.16. The number of aromatic nitrogens is 2. The predicted octanol–water partition coefficient (Wildman–Crippen LogP) is 4.36. The van der Waals surface area contributed by atoms with E-state index in [1.54, 1.807) is 7.11 Å². The van der Waals surface area contributed by atoms with Gasteiger partial charge in [-0.3, -0.25) is 0 Å². The van der Waals surface area contributed by atoms with E-state index < -0.39 is 0 Å². The summed E-state index contributed by atoms with van der Waals surface area (Å²) in [5, 5.41) is 1.19. The van der Waals surface area contributed by atoms with E-state index in [0.717, 1.165) is 16.8 Å². The van der Waals surface area contributed by atoms with Gasteiger partial charge in [0, 0.05) is 17.1 Å². The molecule has 3 rings (SSSR count). The fraction of sp³-hybridized carbons (Fsp3) is 0.235. The number of nitrogens with zero attached hydrogens (tertiary/aromatic N) is 1. The summed E-state index contributed by atoms with van der Waals surface area (Å²) in [6.07, 6.45) is 1.88. The zero-order chi connectivity index (χ0) is 14.1. The summed E-state index contributed by atoms with van der Waals surface area (Å²) in [4.78, 5) is 7.86. The van der Waals surface area contributed by atoms with Crippen LogP contribution in [0.5, 0.6) is 5.88 Å². The van der Waals surface area contributed by atoms with Crippen LogP contribution in [0.25, 0.3) is 22.2 Å². The van der Waals surface area contributed by atoms with Crippen molar-refractivity contribution in [3.63, 3.8) is 0 Å². The van der Waals surface area contributed by atoms with Gasteiger partial charge in [-0.15, -0.1) is 0 Å². The molecule has 3 heteroatoms. The molecule has 0 bridgehead atoms. The molecular weight excluding hydrogens is 248 g/mol. The van der Waals surface area contributed by atoms with Crippen molar-refractivity contribution in [2.45, 2.75) is 19.8 Å². The van der Waals surface area contributed by atoms with Gasteiger partial charge in [-0.25, -0.2) is 4.98 Å². The number of benzene rings is 1. The second-order valence-corrected chi connectivity index (χ2v) is 5.25. The molecule has 0 aliphatic rings. The van der Waals surface area contributed by atoms with Crippen LogP contribution in [-0.2, 0) is 0 Å². The molecule has 0 fully saturated rings. The lowest BCUT2D eigenvalue weighted by Gasteiger charge is -2.10. The van der Waals surface area contributed by atoms with E-state index >= 15 is 0 Å². The van der Waals surface area contributed by atoms with Crippen LogP contribution in [-0.4, -0.2) is 17.1 Å². The van der Waals surface area contributed by atoms with Crippen molar-refractivity contribution in [3.8, 4) is 17.1 Å². The Morgan fingerprint density at radius 3 is 2.65 bits per heavy atom. The molecule has 0 radical (unpaired) electrons. The maximum atomic E-state index is 5.40. The average molecular weight is 266 g/mol. The number of methoxy groups -OCH3 is 1. The standard InChI is InChI=1S/C17H18N2O/c1-11(2)13-8-14(17(20-3)18-10-13)16-9-12-6-4-5-7-15(12)19-16/h4-11,19H,1-3H3. The smallest absolute Gasteiger partial charge is 0.222 e. The van der Waals surface area contributed by atoms with E-state index in [9.17, 15) is 0 Å². The monoisotopic (exact) mass is 266 g/mol. The second kappa shape index (κ2) is 5.00. The molecule has 102 valence electrons. The Labute approximate surface area is 118 Å². The van der Waals surface area contributed by atoms with Crippen LogP contribution < -0.4 is 4.74 Å². The van der Waals surface area contributed by atoms with Gasteiger partial charge in [-0.1, -0.05) is 32.0 Å². The first-order chi connectivity index (χ1) is 9.69. The molecule has 0 atom stereocenters. The van der Waals surface area contributed by atoms with Gasteiger partial charge in [-0.2, -0.15) is 0 Å². The molecule has 0 aliphatic heterocycles. The van der Waals surface area contributed by atoms with Crippen LogP contribution in [0, 0.1) is 0 Å². The van der Waals surface area contributed by atoms with E-state index in [2.05, 4.69) is 48.1 Å². The minimum Gasteiger partial charge on any atom is -0.481 e. The van der Waals surface area contributed by atoms with E-state index in [1.807, 2.05) is 18.3 Å². The van der Waals surface area contributed by atoms with Gasteiger partial charge in [0.1, 0.15) is 0 Å². The summed E-state index contributed by atoms with van der Waals surface area (Å²) in [7, 11) is 1.66. The van der Waals surface area contributed by atoms with Crippen LogP contribution in [0.2, 0.25) is 0 Å². The minimum atomic E-state index is 0.441. The molecule has 20 heavy (non-hydrogen) atoms. The Balaban J connectivity index is 2.18. The summed E-state index contributed by atoms with van der Waals surface area (Å²) in [6.45, 7) is 4.33. The summed E-state index contributed by atoms with van der Waals surface area (Å²) < 4.78 is 5.40. The minimum absolute atomic E-state index is 0.441. The van der Waals surface area contributed by atoms with Gasteiger partial charge in [0.15, 0.2) is 0 Å². The Bertz CT molecular complexity index is 711. The highest BCUT2D eigenvalue weighted by Gasteiger charge is 2.12. The molecule has 0 spiro atoms. The Morgan fingerprint density at radius 1 is 1.15 bits per heavy atom. The molecule has 1 aromatic carbocycles. The van der Waals surface area contributed by atoms with Crippen molar-refractivity contribution in [1.82, 2.24) is 9.97 Å². The molecular formula is C17H18N2O. The first-order valence-corrected chi connectivity index (χ1v) is 6.81. The number of hydrogen-bond donors (Lipinski definition) is 1. The van der Waals surface area contributed by atoms with Gasteiger partial charge in [0.25, 0.3) is 0 Å². The molecule has 2 heterocycles. The van der Waals surface area contributed by atoms with Gasteiger partial charge >= 0.3 is 0 Å². The third-order valence-corrected chi connectivity index (χ3v) is 3.55. The second-order valence-electron chi connectivity index (χ2n) is 5.25. The number of hydrogen-bond acceptors (Lipinski definition) is 2. The normalized spacial score (nSPS) is 11.2. The first-order valence-electron chi connectivity index (χ1n) is 6.81. The highest BCUT2D eigenvalue weighted by Crippen LogP contribution is 2.32. The van der Waals surface area contributed by atoms with Gasteiger partial charge < -0.3 is 9.72 Å². The van der Waals surface area contributed by atoms with Crippen molar-refractivity contribution < 1.29 is 4.74 Å². The van der Waals surface area contributed by atoms with Crippen molar-refractivity contribution in [2.75, 3.05) is 7.11 Å². The van der Waals surface area contributed by atoms with Gasteiger partial charge in [-0.05, 0) is 29.7 Å². The lowest BCUT2D eigenvalue weighted by molar-refractivity contribution is 0.399. The summed E-state index contributed by atoms with van der Waals surface area (Å²) >= 11 is 0. The van der Waals surface area contributed by atoms with E-state index in [-0.39, 0.29) is 0 Å². The fourth-order valence-corrected chi connectivity index (χ4v) is 2.36. The molecule has 0 unspecified atom stereocenters. The molecule has 0 aliphatic carbocycles. The Kier molecular flexibility index (Phi) is 3.18. The molecule has 2 aromatic heterocycles. The summed E-state index contributed by atoms with van der Waals surface area (Å²) in [5.74, 6) is 1.09. The van der Waals surface area contributed by atoms with E-state index in [1.165, 1.54) is 10.9 Å². The van der Waals surface area contributed by atoms with Crippen LogP contribution in [0.15, 0.2) is 42.6 Å². The maximum Gasteiger partial charge on any atom is 0.222 e. The molecule has 0 amide bonds. The first kappa shape index (κ1) is 12.7.